The summed E-state index contributed by atoms with van der Waals surface area (Å²) in [5, 5.41) is 11.0. The third kappa shape index (κ3) is 4.81. The third-order valence-corrected chi connectivity index (χ3v) is 4.91. The van der Waals surface area contributed by atoms with Crippen molar-refractivity contribution in [2.24, 2.45) is 4.99 Å². The van der Waals surface area contributed by atoms with E-state index in [0.717, 1.165) is 5.52 Å². The van der Waals surface area contributed by atoms with Crippen LogP contribution < -0.4 is 9.54 Å². The Labute approximate surface area is 164 Å². The van der Waals surface area contributed by atoms with Gasteiger partial charge in [0.15, 0.2) is 11.4 Å². The molecule has 3 aromatic rings. The number of amides is 1. The fourth-order valence-corrected chi connectivity index (χ4v) is 3.68. The van der Waals surface area contributed by atoms with Crippen LogP contribution in [0.4, 0.5) is 5.69 Å². The van der Waals surface area contributed by atoms with Gasteiger partial charge in [-0.1, -0.05) is 29.5 Å². The number of carbonyl (C=O) groups is 1. The number of ether oxygens (including phenoxy) is 2. The van der Waals surface area contributed by atoms with Gasteiger partial charge in [-0.2, -0.15) is 4.99 Å². The summed E-state index contributed by atoms with van der Waals surface area (Å²) < 4.78 is 13.4. The zero-order valence-corrected chi connectivity index (χ0v) is 16.1. The van der Waals surface area contributed by atoms with Gasteiger partial charge in [0.25, 0.3) is 11.6 Å². The molecule has 1 heterocycles. The van der Waals surface area contributed by atoms with Crippen molar-refractivity contribution >= 4 is 33.1 Å². The van der Waals surface area contributed by atoms with E-state index in [9.17, 15) is 14.9 Å². The molecule has 0 aliphatic heterocycles. The Morgan fingerprint density at radius 2 is 2.04 bits per heavy atom. The van der Waals surface area contributed by atoms with Crippen molar-refractivity contribution in [3.63, 3.8) is 0 Å². The number of non-ortho nitro benzene ring substituents is 1. The van der Waals surface area contributed by atoms with Crippen LogP contribution in [0, 0.1) is 10.1 Å². The second-order valence-electron chi connectivity index (χ2n) is 5.75. The van der Waals surface area contributed by atoms with Crippen molar-refractivity contribution in [3.8, 4) is 5.75 Å². The lowest BCUT2D eigenvalue weighted by atomic mass is 10.3. The number of rotatable bonds is 8. The maximum atomic E-state index is 12.3. The van der Waals surface area contributed by atoms with Crippen LogP contribution in [0.5, 0.6) is 5.75 Å². The molecule has 0 bridgehead atoms. The number of carbonyl (C=O) groups excluding carboxylic acids is 1. The first-order valence-corrected chi connectivity index (χ1v) is 9.51. The van der Waals surface area contributed by atoms with Gasteiger partial charge >= 0.3 is 0 Å². The molecule has 8 nitrogen and oxygen atoms in total. The second-order valence-corrected chi connectivity index (χ2v) is 6.76. The number of hydrogen-bond acceptors (Lipinski definition) is 6. The molecule has 0 N–H and O–H groups in total. The second kappa shape index (κ2) is 9.25. The van der Waals surface area contributed by atoms with Crippen LogP contribution in [0.25, 0.3) is 10.2 Å². The van der Waals surface area contributed by atoms with Gasteiger partial charge in [-0.3, -0.25) is 14.9 Å². The minimum atomic E-state index is -0.445. The van der Waals surface area contributed by atoms with E-state index in [4.69, 9.17) is 9.47 Å². The van der Waals surface area contributed by atoms with E-state index < -0.39 is 10.8 Å². The highest BCUT2D eigenvalue weighted by Crippen LogP contribution is 2.23. The monoisotopic (exact) mass is 401 g/mol. The molecule has 0 atom stereocenters. The summed E-state index contributed by atoms with van der Waals surface area (Å²) >= 11 is 1.22. The fraction of sp³-hybridized carbons (Fsp3) is 0.263. The molecular formula is C19H19N3O5S. The van der Waals surface area contributed by atoms with Gasteiger partial charge in [0.1, 0.15) is 5.75 Å². The van der Waals surface area contributed by atoms with Crippen LogP contribution in [-0.4, -0.2) is 35.2 Å². The number of aromatic nitrogens is 1. The number of hydrogen-bond donors (Lipinski definition) is 0. The minimum absolute atomic E-state index is 0.00371. The summed E-state index contributed by atoms with van der Waals surface area (Å²) in [5.41, 5.74) is 0.766. The Kier molecular flexibility index (Phi) is 6.51. The van der Waals surface area contributed by atoms with Crippen molar-refractivity contribution in [2.45, 2.75) is 13.5 Å². The van der Waals surface area contributed by atoms with Crippen LogP contribution in [-0.2, 0) is 16.1 Å². The number of benzene rings is 2. The first kappa shape index (κ1) is 19.7. The van der Waals surface area contributed by atoms with Gasteiger partial charge < -0.3 is 14.0 Å². The molecule has 0 fully saturated rings. The molecule has 28 heavy (non-hydrogen) atoms. The molecule has 2 aromatic carbocycles. The molecule has 0 saturated carbocycles. The van der Waals surface area contributed by atoms with Crippen molar-refractivity contribution < 1.29 is 19.2 Å². The number of nitrogens with zero attached hydrogens (tertiary/aromatic N) is 3. The van der Waals surface area contributed by atoms with Gasteiger partial charge in [0.2, 0.25) is 0 Å². The van der Waals surface area contributed by atoms with E-state index in [-0.39, 0.29) is 12.3 Å². The van der Waals surface area contributed by atoms with E-state index in [0.29, 0.717) is 35.0 Å². The van der Waals surface area contributed by atoms with Crippen molar-refractivity contribution in [3.05, 3.63) is 63.4 Å². The van der Waals surface area contributed by atoms with Gasteiger partial charge in [0, 0.05) is 25.3 Å². The Balaban J connectivity index is 1.90. The van der Waals surface area contributed by atoms with E-state index in [1.54, 1.807) is 18.2 Å². The molecule has 1 aromatic heterocycles. The van der Waals surface area contributed by atoms with E-state index in [1.807, 2.05) is 29.7 Å². The molecular weight excluding hydrogens is 382 g/mol. The van der Waals surface area contributed by atoms with E-state index in [1.165, 1.54) is 23.5 Å². The lowest BCUT2D eigenvalue weighted by Crippen LogP contribution is -2.21. The highest BCUT2D eigenvalue weighted by Gasteiger charge is 2.13. The predicted molar refractivity (Wildman–Crippen MR) is 105 cm³/mol. The fourth-order valence-electron chi connectivity index (χ4n) is 2.58. The molecule has 0 unspecified atom stereocenters. The van der Waals surface area contributed by atoms with Crippen LogP contribution >= 0.6 is 11.3 Å². The number of para-hydroxylation sites is 1. The first-order valence-electron chi connectivity index (χ1n) is 8.69. The van der Waals surface area contributed by atoms with Crippen molar-refractivity contribution in [1.29, 1.82) is 0 Å². The average molecular weight is 401 g/mol. The number of fused-ring (bicyclic) bond motifs is 1. The molecule has 146 valence electrons. The zero-order valence-electron chi connectivity index (χ0n) is 15.2. The van der Waals surface area contributed by atoms with Crippen LogP contribution in [0.2, 0.25) is 0 Å². The average Bonchev–Trinajstić information content (AvgIpc) is 3.03. The van der Waals surface area contributed by atoms with Crippen LogP contribution in [0.3, 0.4) is 0 Å². The molecule has 0 spiro atoms. The molecule has 9 heteroatoms. The van der Waals surface area contributed by atoms with E-state index >= 15 is 0 Å². The van der Waals surface area contributed by atoms with Gasteiger partial charge in [-0.15, -0.1) is 0 Å². The van der Waals surface area contributed by atoms with Crippen molar-refractivity contribution in [1.82, 2.24) is 4.57 Å². The predicted octanol–water partition coefficient (Wildman–Crippen LogP) is 3.15. The summed E-state index contributed by atoms with van der Waals surface area (Å²) in [6, 6.07) is 13.6. The van der Waals surface area contributed by atoms with Gasteiger partial charge in [-0.25, -0.2) is 0 Å². The lowest BCUT2D eigenvalue weighted by molar-refractivity contribution is -0.384. The molecule has 3 rings (SSSR count). The van der Waals surface area contributed by atoms with Gasteiger partial charge in [-0.05, 0) is 25.1 Å². The number of thiazole rings is 1. The maximum Gasteiger partial charge on any atom is 0.286 e. The lowest BCUT2D eigenvalue weighted by Gasteiger charge is -2.05. The summed E-state index contributed by atoms with van der Waals surface area (Å²) in [6.45, 7) is 3.21. The highest BCUT2D eigenvalue weighted by atomic mass is 32.1. The van der Waals surface area contributed by atoms with Crippen molar-refractivity contribution in [2.75, 3.05) is 19.8 Å². The quantitative estimate of drug-likeness (QED) is 0.328. The Hall–Kier alpha value is -3.04. The summed E-state index contributed by atoms with van der Waals surface area (Å²) in [5.74, 6) is 0.150. The normalized spacial score (nSPS) is 11.7. The third-order valence-electron chi connectivity index (χ3n) is 3.87. The summed E-state index contributed by atoms with van der Waals surface area (Å²) in [7, 11) is 0. The standard InChI is InChI=1S/C19H19N3O5S/c1-2-26-11-10-21-16-9-8-14(22(24)25)12-17(16)28-19(21)20-18(23)13-27-15-6-4-3-5-7-15/h3-9,12H,2,10-11,13H2,1H3. The molecule has 1 amide bonds. The summed E-state index contributed by atoms with van der Waals surface area (Å²) in [4.78, 5) is 27.5. The molecule has 0 aliphatic rings. The molecule has 0 radical (unpaired) electrons. The number of nitro benzene ring substituents is 1. The minimum Gasteiger partial charge on any atom is -0.484 e. The highest BCUT2D eigenvalue weighted by molar-refractivity contribution is 7.16. The molecule has 0 aliphatic carbocycles. The number of nitro groups is 1. The Bertz CT molecular complexity index is 1040. The smallest absolute Gasteiger partial charge is 0.286 e. The van der Waals surface area contributed by atoms with Gasteiger partial charge in [0.05, 0.1) is 21.7 Å². The first-order chi connectivity index (χ1) is 13.6. The largest absolute Gasteiger partial charge is 0.484 e. The Morgan fingerprint density at radius 3 is 2.75 bits per heavy atom. The topological polar surface area (TPSA) is 96.0 Å². The maximum absolute atomic E-state index is 12.3. The Morgan fingerprint density at radius 1 is 1.25 bits per heavy atom. The zero-order chi connectivity index (χ0) is 19.9. The SMILES string of the molecule is CCOCCn1c(=NC(=O)COc2ccccc2)sc2cc([N+](=O)[O-])ccc21. The van der Waals surface area contributed by atoms with Crippen LogP contribution in [0.1, 0.15) is 6.92 Å². The van der Waals surface area contributed by atoms with E-state index in [2.05, 4.69) is 4.99 Å². The molecule has 0 saturated heterocycles. The van der Waals surface area contributed by atoms with Crippen LogP contribution in [0.15, 0.2) is 53.5 Å². The summed E-state index contributed by atoms with van der Waals surface area (Å²) in [6.07, 6.45) is 0.